The molecule has 0 spiro atoms. The second-order valence-corrected chi connectivity index (χ2v) is 3.65. The molecule has 94 valence electrons. The van der Waals surface area contributed by atoms with Crippen molar-refractivity contribution < 1.29 is 19.1 Å². The van der Waals surface area contributed by atoms with E-state index in [0.29, 0.717) is 19.4 Å². The molecular weight excluding hydrogens is 208 g/mol. The van der Waals surface area contributed by atoms with Crippen LogP contribution in [-0.2, 0) is 19.1 Å². The topological polar surface area (TPSA) is 52.6 Å². The van der Waals surface area contributed by atoms with Gasteiger partial charge < -0.3 is 9.47 Å². The zero-order chi connectivity index (χ0) is 12.6. The van der Waals surface area contributed by atoms with Gasteiger partial charge in [0.15, 0.2) is 5.41 Å². The zero-order valence-electron chi connectivity index (χ0n) is 10.7. The summed E-state index contributed by atoms with van der Waals surface area (Å²) in [5.41, 5.74) is -1.12. The molecule has 0 unspecified atom stereocenters. The summed E-state index contributed by atoms with van der Waals surface area (Å²) in [5.74, 6) is -0.932. The van der Waals surface area contributed by atoms with Crippen LogP contribution in [0.4, 0.5) is 0 Å². The molecule has 4 heteroatoms. The van der Waals surface area contributed by atoms with Gasteiger partial charge in [-0.1, -0.05) is 20.8 Å². The van der Waals surface area contributed by atoms with Crippen LogP contribution in [0, 0.1) is 5.41 Å². The Bertz CT molecular complexity index is 231. The summed E-state index contributed by atoms with van der Waals surface area (Å²) in [5, 5.41) is 0. The molecule has 0 radical (unpaired) electrons. The SMILES string of the molecule is CCCOC(=O)C(CC)(CC)C(=O)OCC. The normalized spacial score (nSPS) is 11.0. The van der Waals surface area contributed by atoms with Gasteiger partial charge in [-0.25, -0.2) is 0 Å². The Labute approximate surface area is 97.3 Å². The molecule has 0 rings (SSSR count). The Balaban J connectivity index is 4.78. The quantitative estimate of drug-likeness (QED) is 0.497. The molecule has 4 nitrogen and oxygen atoms in total. The standard InChI is InChI=1S/C12H22O4/c1-5-9-16-11(14)12(6-2,7-3)10(13)15-8-4/h5-9H2,1-4H3. The van der Waals surface area contributed by atoms with Gasteiger partial charge in [0.25, 0.3) is 0 Å². The number of hydrogen-bond acceptors (Lipinski definition) is 4. The summed E-state index contributed by atoms with van der Waals surface area (Å²) < 4.78 is 10.0. The molecular formula is C12H22O4. The summed E-state index contributed by atoms with van der Waals surface area (Å²) in [6, 6.07) is 0. The molecule has 0 aromatic carbocycles. The van der Waals surface area contributed by atoms with Crippen LogP contribution in [0.25, 0.3) is 0 Å². The molecule has 0 heterocycles. The number of carbonyl (C=O) groups is 2. The van der Waals surface area contributed by atoms with E-state index in [1.165, 1.54) is 0 Å². The molecule has 0 atom stereocenters. The molecule has 0 saturated carbocycles. The van der Waals surface area contributed by atoms with Crippen molar-refractivity contribution in [1.29, 1.82) is 0 Å². The van der Waals surface area contributed by atoms with Crippen molar-refractivity contribution in [3.05, 3.63) is 0 Å². The number of hydrogen-bond donors (Lipinski definition) is 0. The molecule has 0 amide bonds. The van der Waals surface area contributed by atoms with Gasteiger partial charge in [0.2, 0.25) is 0 Å². The highest BCUT2D eigenvalue weighted by Gasteiger charge is 2.45. The molecule has 0 N–H and O–H groups in total. The van der Waals surface area contributed by atoms with Crippen molar-refractivity contribution in [3.8, 4) is 0 Å². The smallest absolute Gasteiger partial charge is 0.323 e. The van der Waals surface area contributed by atoms with E-state index in [9.17, 15) is 9.59 Å². The van der Waals surface area contributed by atoms with E-state index in [-0.39, 0.29) is 6.61 Å². The monoisotopic (exact) mass is 230 g/mol. The van der Waals surface area contributed by atoms with E-state index in [4.69, 9.17) is 9.47 Å². The van der Waals surface area contributed by atoms with E-state index >= 15 is 0 Å². The largest absolute Gasteiger partial charge is 0.465 e. The van der Waals surface area contributed by atoms with Crippen molar-refractivity contribution in [2.24, 2.45) is 5.41 Å². The van der Waals surface area contributed by atoms with Gasteiger partial charge in [-0.15, -0.1) is 0 Å². The fraction of sp³-hybridized carbons (Fsp3) is 0.833. The molecule has 0 aliphatic heterocycles. The minimum absolute atomic E-state index is 0.279. The van der Waals surface area contributed by atoms with Crippen molar-refractivity contribution in [2.75, 3.05) is 13.2 Å². The fourth-order valence-corrected chi connectivity index (χ4v) is 1.51. The Kier molecular flexibility index (Phi) is 6.77. The van der Waals surface area contributed by atoms with Gasteiger partial charge in [0.1, 0.15) is 0 Å². The first-order valence-corrected chi connectivity index (χ1v) is 5.93. The molecule has 0 saturated heterocycles. The van der Waals surface area contributed by atoms with Crippen LogP contribution in [0.5, 0.6) is 0 Å². The van der Waals surface area contributed by atoms with E-state index in [1.807, 2.05) is 6.92 Å². The molecule has 0 aliphatic carbocycles. The summed E-state index contributed by atoms with van der Waals surface area (Å²) in [6.07, 6.45) is 1.56. The zero-order valence-corrected chi connectivity index (χ0v) is 10.7. The van der Waals surface area contributed by atoms with E-state index in [1.54, 1.807) is 20.8 Å². The first kappa shape index (κ1) is 14.9. The van der Waals surface area contributed by atoms with Gasteiger partial charge in [-0.2, -0.15) is 0 Å². The molecule has 0 fully saturated rings. The second-order valence-electron chi connectivity index (χ2n) is 3.65. The third kappa shape index (κ3) is 3.22. The summed E-state index contributed by atoms with van der Waals surface area (Å²) in [7, 11) is 0. The van der Waals surface area contributed by atoms with Crippen molar-refractivity contribution >= 4 is 11.9 Å². The van der Waals surface area contributed by atoms with Crippen LogP contribution in [0.1, 0.15) is 47.0 Å². The maximum absolute atomic E-state index is 11.9. The van der Waals surface area contributed by atoms with Crippen LogP contribution in [0.2, 0.25) is 0 Å². The highest BCUT2D eigenvalue weighted by molar-refractivity contribution is 5.99. The van der Waals surface area contributed by atoms with Gasteiger partial charge in [-0.05, 0) is 26.2 Å². The molecule has 0 bridgehead atoms. The van der Waals surface area contributed by atoms with E-state index in [2.05, 4.69) is 0 Å². The molecule has 16 heavy (non-hydrogen) atoms. The lowest BCUT2D eigenvalue weighted by molar-refractivity contribution is -0.173. The Morgan fingerprint density at radius 1 is 0.938 bits per heavy atom. The molecule has 0 aliphatic rings. The lowest BCUT2D eigenvalue weighted by Gasteiger charge is -2.26. The van der Waals surface area contributed by atoms with Crippen LogP contribution >= 0.6 is 0 Å². The predicted molar refractivity (Wildman–Crippen MR) is 60.9 cm³/mol. The van der Waals surface area contributed by atoms with Gasteiger partial charge in [-0.3, -0.25) is 9.59 Å². The third-order valence-corrected chi connectivity index (χ3v) is 2.70. The van der Waals surface area contributed by atoms with Gasteiger partial charge in [0, 0.05) is 0 Å². The minimum atomic E-state index is -1.12. The van der Waals surface area contributed by atoms with Gasteiger partial charge >= 0.3 is 11.9 Å². The average Bonchev–Trinajstić information content (AvgIpc) is 2.29. The third-order valence-electron chi connectivity index (χ3n) is 2.70. The Morgan fingerprint density at radius 3 is 1.81 bits per heavy atom. The Hall–Kier alpha value is -1.06. The predicted octanol–water partition coefficient (Wildman–Crippen LogP) is 2.31. The molecule has 0 aromatic heterocycles. The van der Waals surface area contributed by atoms with Crippen molar-refractivity contribution in [2.45, 2.75) is 47.0 Å². The highest BCUT2D eigenvalue weighted by atomic mass is 16.6. The maximum Gasteiger partial charge on any atom is 0.323 e. The van der Waals surface area contributed by atoms with Crippen molar-refractivity contribution in [1.82, 2.24) is 0 Å². The van der Waals surface area contributed by atoms with E-state index < -0.39 is 17.4 Å². The van der Waals surface area contributed by atoms with Crippen LogP contribution in [-0.4, -0.2) is 25.2 Å². The highest BCUT2D eigenvalue weighted by Crippen LogP contribution is 2.30. The summed E-state index contributed by atoms with van der Waals surface area (Å²) in [6.45, 7) is 7.87. The number of esters is 2. The lowest BCUT2D eigenvalue weighted by Crippen LogP contribution is -2.41. The molecule has 0 aromatic rings. The average molecular weight is 230 g/mol. The fourth-order valence-electron chi connectivity index (χ4n) is 1.51. The summed E-state index contributed by atoms with van der Waals surface area (Å²) in [4.78, 5) is 23.7. The Morgan fingerprint density at radius 2 is 1.44 bits per heavy atom. The number of rotatable bonds is 7. The minimum Gasteiger partial charge on any atom is -0.465 e. The van der Waals surface area contributed by atoms with Crippen LogP contribution in [0.15, 0.2) is 0 Å². The van der Waals surface area contributed by atoms with Gasteiger partial charge in [0.05, 0.1) is 13.2 Å². The first-order valence-electron chi connectivity index (χ1n) is 5.93. The lowest BCUT2D eigenvalue weighted by atomic mass is 9.82. The van der Waals surface area contributed by atoms with Crippen molar-refractivity contribution in [3.63, 3.8) is 0 Å². The first-order chi connectivity index (χ1) is 7.58. The van der Waals surface area contributed by atoms with Crippen LogP contribution < -0.4 is 0 Å². The maximum atomic E-state index is 11.9. The van der Waals surface area contributed by atoms with Crippen LogP contribution in [0.3, 0.4) is 0 Å². The second kappa shape index (κ2) is 7.25. The number of carbonyl (C=O) groups excluding carboxylic acids is 2. The number of ether oxygens (including phenoxy) is 2. The summed E-state index contributed by atoms with van der Waals surface area (Å²) >= 11 is 0. The van der Waals surface area contributed by atoms with E-state index in [0.717, 1.165) is 6.42 Å².